The molecule has 1 saturated heterocycles. The topological polar surface area (TPSA) is 67.9 Å². The lowest BCUT2D eigenvalue weighted by molar-refractivity contribution is -0.119. The Morgan fingerprint density at radius 1 is 1.08 bits per heavy atom. The Balaban J connectivity index is 1.50. The zero-order valence-electron chi connectivity index (χ0n) is 14.7. The number of aryl methyl sites for hydroxylation is 1. The molecule has 1 aliphatic heterocycles. The fourth-order valence-electron chi connectivity index (χ4n) is 2.78. The number of hydrogen-bond donors (Lipinski definition) is 1. The SMILES string of the molecule is Cc1ccccc1C(=O)OCC(=O)Nc1ccc(N2CCOCC2)cc1. The molecule has 3 rings (SSSR count). The third kappa shape index (κ3) is 4.61. The Bertz CT molecular complexity index is 768. The van der Waals surface area contributed by atoms with E-state index in [-0.39, 0.29) is 12.5 Å². The molecular formula is C20H22N2O4. The van der Waals surface area contributed by atoms with Gasteiger partial charge in [-0.2, -0.15) is 0 Å². The number of carbonyl (C=O) groups is 2. The predicted octanol–water partition coefficient (Wildman–Crippen LogP) is 2.63. The van der Waals surface area contributed by atoms with Gasteiger partial charge >= 0.3 is 5.97 Å². The van der Waals surface area contributed by atoms with Crippen molar-refractivity contribution in [3.05, 3.63) is 59.7 Å². The summed E-state index contributed by atoms with van der Waals surface area (Å²) in [5, 5.41) is 2.73. The van der Waals surface area contributed by atoms with E-state index in [4.69, 9.17) is 9.47 Å². The normalized spacial score (nSPS) is 14.0. The van der Waals surface area contributed by atoms with Crippen LogP contribution in [-0.2, 0) is 14.3 Å². The highest BCUT2D eigenvalue weighted by Crippen LogP contribution is 2.19. The van der Waals surface area contributed by atoms with Crippen LogP contribution in [0.25, 0.3) is 0 Å². The van der Waals surface area contributed by atoms with Gasteiger partial charge in [0.15, 0.2) is 6.61 Å². The van der Waals surface area contributed by atoms with E-state index in [1.54, 1.807) is 12.1 Å². The van der Waals surface area contributed by atoms with Crippen LogP contribution in [-0.4, -0.2) is 44.8 Å². The van der Waals surface area contributed by atoms with E-state index >= 15 is 0 Å². The number of nitrogens with one attached hydrogen (secondary N) is 1. The number of esters is 1. The summed E-state index contributed by atoms with van der Waals surface area (Å²) in [6.45, 7) is 4.68. The summed E-state index contributed by atoms with van der Waals surface area (Å²) >= 11 is 0. The molecule has 2 aromatic carbocycles. The second-order valence-electron chi connectivity index (χ2n) is 6.09. The minimum absolute atomic E-state index is 0.321. The number of benzene rings is 2. The third-order valence-electron chi connectivity index (χ3n) is 4.23. The molecule has 0 bridgehead atoms. The molecule has 0 spiro atoms. The Morgan fingerprint density at radius 3 is 2.46 bits per heavy atom. The van der Waals surface area contributed by atoms with Crippen molar-refractivity contribution >= 4 is 23.3 Å². The van der Waals surface area contributed by atoms with Crippen LogP contribution >= 0.6 is 0 Å². The smallest absolute Gasteiger partial charge is 0.338 e. The molecule has 6 heteroatoms. The molecular weight excluding hydrogens is 332 g/mol. The third-order valence-corrected chi connectivity index (χ3v) is 4.23. The number of amides is 1. The van der Waals surface area contributed by atoms with E-state index in [1.165, 1.54) is 0 Å². The maximum absolute atomic E-state index is 12.0. The van der Waals surface area contributed by atoms with Crippen LogP contribution < -0.4 is 10.2 Å². The first kappa shape index (κ1) is 17.9. The molecule has 0 atom stereocenters. The number of anilines is 2. The zero-order chi connectivity index (χ0) is 18.4. The largest absolute Gasteiger partial charge is 0.452 e. The zero-order valence-corrected chi connectivity index (χ0v) is 14.7. The maximum Gasteiger partial charge on any atom is 0.338 e. The second kappa shape index (κ2) is 8.49. The van der Waals surface area contributed by atoms with E-state index in [1.807, 2.05) is 43.3 Å². The Hall–Kier alpha value is -2.86. The van der Waals surface area contributed by atoms with Gasteiger partial charge in [-0.1, -0.05) is 18.2 Å². The van der Waals surface area contributed by atoms with Gasteiger partial charge in [0.1, 0.15) is 0 Å². The highest BCUT2D eigenvalue weighted by molar-refractivity contribution is 5.96. The van der Waals surface area contributed by atoms with Crippen molar-refractivity contribution in [2.24, 2.45) is 0 Å². The summed E-state index contributed by atoms with van der Waals surface area (Å²) in [4.78, 5) is 26.3. The Kier molecular flexibility index (Phi) is 5.86. The molecule has 1 N–H and O–H groups in total. The second-order valence-corrected chi connectivity index (χ2v) is 6.09. The highest BCUT2D eigenvalue weighted by Gasteiger charge is 2.13. The minimum atomic E-state index is -0.499. The van der Waals surface area contributed by atoms with Gasteiger partial charge in [0, 0.05) is 24.5 Å². The van der Waals surface area contributed by atoms with Crippen molar-refractivity contribution in [3.63, 3.8) is 0 Å². The van der Waals surface area contributed by atoms with E-state index in [0.717, 1.165) is 37.6 Å². The monoisotopic (exact) mass is 354 g/mol. The molecule has 1 heterocycles. The van der Waals surface area contributed by atoms with Crippen molar-refractivity contribution in [1.29, 1.82) is 0 Å². The van der Waals surface area contributed by atoms with Crippen molar-refractivity contribution in [2.45, 2.75) is 6.92 Å². The summed E-state index contributed by atoms with van der Waals surface area (Å²) in [5.41, 5.74) is 3.04. The highest BCUT2D eigenvalue weighted by atomic mass is 16.5. The first-order valence-corrected chi connectivity index (χ1v) is 8.59. The molecule has 0 radical (unpaired) electrons. The number of rotatable bonds is 5. The van der Waals surface area contributed by atoms with Crippen LogP contribution in [0.15, 0.2) is 48.5 Å². The molecule has 0 aliphatic carbocycles. The molecule has 2 aromatic rings. The number of morpholine rings is 1. The summed E-state index contributed by atoms with van der Waals surface area (Å²) in [6.07, 6.45) is 0. The lowest BCUT2D eigenvalue weighted by Crippen LogP contribution is -2.36. The van der Waals surface area contributed by atoms with Gasteiger partial charge in [-0.3, -0.25) is 4.79 Å². The summed E-state index contributed by atoms with van der Waals surface area (Å²) < 4.78 is 10.4. The molecule has 0 saturated carbocycles. The quantitative estimate of drug-likeness (QED) is 0.836. The summed E-state index contributed by atoms with van der Waals surface area (Å²) in [7, 11) is 0. The molecule has 0 unspecified atom stereocenters. The van der Waals surface area contributed by atoms with E-state index in [2.05, 4.69) is 10.2 Å². The number of hydrogen-bond acceptors (Lipinski definition) is 5. The van der Waals surface area contributed by atoms with Crippen LogP contribution in [0, 0.1) is 6.92 Å². The van der Waals surface area contributed by atoms with Gasteiger partial charge in [0.25, 0.3) is 5.91 Å². The summed E-state index contributed by atoms with van der Waals surface area (Å²) in [6, 6.07) is 14.7. The number of ether oxygens (including phenoxy) is 2. The van der Waals surface area contributed by atoms with Gasteiger partial charge in [-0.15, -0.1) is 0 Å². The summed E-state index contributed by atoms with van der Waals surface area (Å²) in [5.74, 6) is -0.869. The average molecular weight is 354 g/mol. The fourth-order valence-corrected chi connectivity index (χ4v) is 2.78. The molecule has 26 heavy (non-hydrogen) atoms. The molecule has 1 amide bonds. The standard InChI is InChI=1S/C20H22N2O4/c1-15-4-2-3-5-18(15)20(24)26-14-19(23)21-16-6-8-17(9-7-16)22-10-12-25-13-11-22/h2-9H,10-14H2,1H3,(H,21,23). The number of carbonyl (C=O) groups excluding carboxylic acids is 2. The van der Waals surface area contributed by atoms with Crippen LogP contribution in [0.2, 0.25) is 0 Å². The van der Waals surface area contributed by atoms with Gasteiger partial charge in [0.2, 0.25) is 0 Å². The molecule has 1 aliphatic rings. The van der Waals surface area contributed by atoms with Crippen LogP contribution in [0.3, 0.4) is 0 Å². The van der Waals surface area contributed by atoms with E-state index < -0.39 is 5.97 Å². The van der Waals surface area contributed by atoms with E-state index in [9.17, 15) is 9.59 Å². The van der Waals surface area contributed by atoms with E-state index in [0.29, 0.717) is 11.3 Å². The Labute approximate surface area is 152 Å². The first-order chi connectivity index (χ1) is 12.6. The average Bonchev–Trinajstić information content (AvgIpc) is 2.68. The predicted molar refractivity (Wildman–Crippen MR) is 99.6 cm³/mol. The molecule has 136 valence electrons. The number of nitrogens with zero attached hydrogens (tertiary/aromatic N) is 1. The van der Waals surface area contributed by atoms with Crippen molar-refractivity contribution in [3.8, 4) is 0 Å². The van der Waals surface area contributed by atoms with Crippen LogP contribution in [0.1, 0.15) is 15.9 Å². The molecule has 0 aromatic heterocycles. The fraction of sp³-hybridized carbons (Fsp3) is 0.300. The van der Waals surface area contributed by atoms with Crippen LogP contribution in [0.5, 0.6) is 0 Å². The van der Waals surface area contributed by atoms with Crippen molar-refractivity contribution < 1.29 is 19.1 Å². The van der Waals surface area contributed by atoms with Gasteiger partial charge in [-0.05, 0) is 42.8 Å². The van der Waals surface area contributed by atoms with Gasteiger partial charge in [0.05, 0.1) is 18.8 Å². The van der Waals surface area contributed by atoms with Crippen LogP contribution in [0.4, 0.5) is 11.4 Å². The molecule has 1 fully saturated rings. The lowest BCUT2D eigenvalue weighted by Gasteiger charge is -2.28. The first-order valence-electron chi connectivity index (χ1n) is 8.59. The Morgan fingerprint density at radius 2 is 1.77 bits per heavy atom. The maximum atomic E-state index is 12.0. The minimum Gasteiger partial charge on any atom is -0.452 e. The lowest BCUT2D eigenvalue weighted by atomic mass is 10.1. The van der Waals surface area contributed by atoms with Gasteiger partial charge in [-0.25, -0.2) is 4.79 Å². The molecule has 6 nitrogen and oxygen atoms in total. The van der Waals surface area contributed by atoms with Crippen molar-refractivity contribution in [2.75, 3.05) is 43.1 Å². The van der Waals surface area contributed by atoms with Gasteiger partial charge < -0.3 is 19.7 Å². The van der Waals surface area contributed by atoms with Crippen molar-refractivity contribution in [1.82, 2.24) is 0 Å².